The highest BCUT2D eigenvalue weighted by atomic mass is 32.2. The maximum absolute atomic E-state index is 14.3. The molecule has 1 aromatic rings. The molecule has 1 heterocycles. The van der Waals surface area contributed by atoms with Crippen LogP contribution in [0.4, 0.5) is 4.39 Å². The molecule has 1 aliphatic heterocycles. The Morgan fingerprint density at radius 3 is 2.93 bits per heavy atom. The Kier molecular flexibility index (Phi) is 2.69. The van der Waals surface area contributed by atoms with Gasteiger partial charge in [-0.3, -0.25) is 0 Å². The van der Waals surface area contributed by atoms with Crippen molar-refractivity contribution in [1.82, 2.24) is 0 Å². The Labute approximate surface area is 91.5 Å². The number of carboxylic acid groups (broad SMARTS) is 1. The van der Waals surface area contributed by atoms with E-state index in [2.05, 4.69) is 0 Å². The zero-order chi connectivity index (χ0) is 10.9. The van der Waals surface area contributed by atoms with Crippen LogP contribution in [0.2, 0.25) is 0 Å². The van der Waals surface area contributed by atoms with Gasteiger partial charge in [0.15, 0.2) is 0 Å². The second kappa shape index (κ2) is 3.85. The van der Waals surface area contributed by atoms with E-state index >= 15 is 0 Å². The lowest BCUT2D eigenvalue weighted by molar-refractivity contribution is 0.0696. The molecule has 0 aliphatic carbocycles. The zero-order valence-corrected chi connectivity index (χ0v) is 8.89. The lowest BCUT2D eigenvalue weighted by Crippen LogP contribution is -2.19. The molecule has 0 aromatic heterocycles. The van der Waals surface area contributed by atoms with Crippen molar-refractivity contribution in [2.75, 3.05) is 11.5 Å². The van der Waals surface area contributed by atoms with Crippen molar-refractivity contribution in [3.63, 3.8) is 0 Å². The summed E-state index contributed by atoms with van der Waals surface area (Å²) in [6, 6.07) is 6.19. The van der Waals surface area contributed by atoms with Gasteiger partial charge < -0.3 is 5.11 Å². The van der Waals surface area contributed by atoms with E-state index in [1.54, 1.807) is 23.9 Å². The number of halogens is 1. The van der Waals surface area contributed by atoms with Gasteiger partial charge in [-0.2, -0.15) is 11.8 Å². The van der Waals surface area contributed by atoms with Crippen molar-refractivity contribution >= 4 is 17.7 Å². The van der Waals surface area contributed by atoms with Crippen LogP contribution in [0.25, 0.3) is 0 Å². The van der Waals surface area contributed by atoms with Crippen molar-refractivity contribution in [3.8, 4) is 0 Å². The third-order valence-corrected chi connectivity index (χ3v) is 3.75. The minimum atomic E-state index is -1.34. The number of benzene rings is 1. The van der Waals surface area contributed by atoms with Crippen LogP contribution in [0.3, 0.4) is 0 Å². The molecule has 4 heteroatoms. The number of alkyl halides is 1. The lowest BCUT2D eigenvalue weighted by Gasteiger charge is -2.18. The van der Waals surface area contributed by atoms with Crippen molar-refractivity contribution in [2.45, 2.75) is 12.1 Å². The third kappa shape index (κ3) is 2.00. The molecule has 1 aromatic carbocycles. The summed E-state index contributed by atoms with van der Waals surface area (Å²) in [6.45, 7) is 0. The van der Waals surface area contributed by atoms with Crippen molar-refractivity contribution in [3.05, 3.63) is 35.4 Å². The molecule has 1 unspecified atom stereocenters. The first-order valence-electron chi connectivity index (χ1n) is 4.72. The average Bonchev–Trinajstić information content (AvgIpc) is 2.67. The molecule has 80 valence electrons. The van der Waals surface area contributed by atoms with Crippen LogP contribution in [-0.2, 0) is 5.67 Å². The average molecular weight is 226 g/mol. The molecular formula is C11H11FO2S. The topological polar surface area (TPSA) is 37.3 Å². The molecular weight excluding hydrogens is 215 g/mol. The van der Waals surface area contributed by atoms with Crippen LogP contribution in [0, 0.1) is 0 Å². The molecule has 0 radical (unpaired) electrons. The van der Waals surface area contributed by atoms with Crippen LogP contribution in [0.5, 0.6) is 0 Å². The Balaban J connectivity index is 2.36. The fraction of sp³-hybridized carbons (Fsp3) is 0.364. The summed E-state index contributed by atoms with van der Waals surface area (Å²) in [7, 11) is 0. The Bertz CT molecular complexity index is 386. The number of carboxylic acids is 1. The van der Waals surface area contributed by atoms with Gasteiger partial charge in [-0.1, -0.05) is 12.1 Å². The van der Waals surface area contributed by atoms with Gasteiger partial charge in [0.1, 0.15) is 5.67 Å². The number of carbonyl (C=O) groups is 1. The Morgan fingerprint density at radius 1 is 1.53 bits per heavy atom. The number of hydrogen-bond donors (Lipinski definition) is 1. The fourth-order valence-electron chi connectivity index (χ4n) is 1.70. The maximum Gasteiger partial charge on any atom is 0.335 e. The van der Waals surface area contributed by atoms with E-state index in [1.165, 1.54) is 12.1 Å². The molecule has 1 atom stereocenters. The van der Waals surface area contributed by atoms with E-state index in [4.69, 9.17) is 5.11 Å². The first-order chi connectivity index (χ1) is 7.12. The van der Waals surface area contributed by atoms with E-state index in [0.717, 1.165) is 5.75 Å². The molecule has 1 fully saturated rings. The Hall–Kier alpha value is -1.03. The second-order valence-corrected chi connectivity index (χ2v) is 4.76. The highest BCUT2D eigenvalue weighted by Crippen LogP contribution is 2.40. The molecule has 0 saturated carbocycles. The van der Waals surface area contributed by atoms with Crippen LogP contribution in [0.15, 0.2) is 24.3 Å². The van der Waals surface area contributed by atoms with Gasteiger partial charge in [0.25, 0.3) is 0 Å². The van der Waals surface area contributed by atoms with Gasteiger partial charge in [-0.15, -0.1) is 0 Å². The summed E-state index contributed by atoms with van der Waals surface area (Å²) in [6.07, 6.45) is 0.473. The molecule has 0 bridgehead atoms. The summed E-state index contributed by atoms with van der Waals surface area (Å²) in [5.41, 5.74) is -0.690. The van der Waals surface area contributed by atoms with Crippen LogP contribution in [-0.4, -0.2) is 22.6 Å². The summed E-state index contributed by atoms with van der Waals surface area (Å²) in [5.74, 6) is 0.218. The first-order valence-corrected chi connectivity index (χ1v) is 5.88. The van der Waals surface area contributed by atoms with Gasteiger partial charge in [-0.05, 0) is 29.9 Å². The largest absolute Gasteiger partial charge is 0.478 e. The van der Waals surface area contributed by atoms with Gasteiger partial charge in [-0.25, -0.2) is 9.18 Å². The fourth-order valence-corrected chi connectivity index (χ4v) is 2.95. The van der Waals surface area contributed by atoms with Crippen molar-refractivity contribution in [1.29, 1.82) is 0 Å². The second-order valence-electron chi connectivity index (χ2n) is 3.65. The predicted octanol–water partition coefficient (Wildman–Crippen LogP) is 2.69. The van der Waals surface area contributed by atoms with E-state index in [1.807, 2.05) is 0 Å². The van der Waals surface area contributed by atoms with Gasteiger partial charge in [0.2, 0.25) is 0 Å². The number of aromatic carboxylic acids is 1. The molecule has 2 rings (SSSR count). The third-order valence-electron chi connectivity index (χ3n) is 2.60. The quantitative estimate of drug-likeness (QED) is 0.842. The van der Waals surface area contributed by atoms with E-state index in [-0.39, 0.29) is 5.56 Å². The minimum absolute atomic E-state index is 0.154. The Morgan fingerprint density at radius 2 is 2.33 bits per heavy atom. The van der Waals surface area contributed by atoms with Crippen LogP contribution < -0.4 is 0 Å². The van der Waals surface area contributed by atoms with Gasteiger partial charge in [0, 0.05) is 5.75 Å². The molecule has 15 heavy (non-hydrogen) atoms. The summed E-state index contributed by atoms with van der Waals surface area (Å²) >= 11 is 1.57. The summed E-state index contributed by atoms with van der Waals surface area (Å²) in [4.78, 5) is 10.7. The molecule has 1 saturated heterocycles. The standard InChI is InChI=1S/C11H11FO2S/c12-11(4-5-15-7-11)9-3-1-2-8(6-9)10(13)14/h1-3,6H,4-5,7H2,(H,13,14). The SMILES string of the molecule is O=C(O)c1cccc(C2(F)CCSC2)c1. The monoisotopic (exact) mass is 226 g/mol. The zero-order valence-electron chi connectivity index (χ0n) is 8.07. The number of thioether (sulfide) groups is 1. The van der Waals surface area contributed by atoms with Gasteiger partial charge in [0.05, 0.1) is 5.56 Å². The molecule has 1 N–H and O–H groups in total. The maximum atomic E-state index is 14.3. The number of rotatable bonds is 2. The molecule has 2 nitrogen and oxygen atoms in total. The van der Waals surface area contributed by atoms with Crippen LogP contribution >= 0.6 is 11.8 Å². The lowest BCUT2D eigenvalue weighted by atomic mass is 9.94. The highest BCUT2D eigenvalue weighted by molar-refractivity contribution is 7.99. The molecule has 0 amide bonds. The molecule has 0 spiro atoms. The van der Waals surface area contributed by atoms with Crippen molar-refractivity contribution < 1.29 is 14.3 Å². The van der Waals surface area contributed by atoms with Gasteiger partial charge >= 0.3 is 5.97 Å². The minimum Gasteiger partial charge on any atom is -0.478 e. The van der Waals surface area contributed by atoms with E-state index in [0.29, 0.717) is 17.7 Å². The summed E-state index contributed by atoms with van der Waals surface area (Å²) < 4.78 is 14.3. The predicted molar refractivity (Wildman–Crippen MR) is 58.1 cm³/mol. The van der Waals surface area contributed by atoms with Crippen molar-refractivity contribution in [2.24, 2.45) is 0 Å². The smallest absolute Gasteiger partial charge is 0.335 e. The van der Waals surface area contributed by atoms with Crippen LogP contribution in [0.1, 0.15) is 22.3 Å². The van der Waals surface area contributed by atoms with E-state index in [9.17, 15) is 9.18 Å². The van der Waals surface area contributed by atoms with E-state index < -0.39 is 11.6 Å². The number of hydrogen-bond acceptors (Lipinski definition) is 2. The summed E-state index contributed by atoms with van der Waals surface area (Å²) in [5, 5.41) is 8.81. The first kappa shape index (κ1) is 10.5. The molecule has 1 aliphatic rings. The normalized spacial score (nSPS) is 25.4. The highest BCUT2D eigenvalue weighted by Gasteiger charge is 2.36.